The van der Waals surface area contributed by atoms with Crippen LogP contribution in [0.5, 0.6) is 5.75 Å². The summed E-state index contributed by atoms with van der Waals surface area (Å²) in [4.78, 5) is 18.3. The van der Waals surface area contributed by atoms with Gasteiger partial charge in [-0.15, -0.1) is 0 Å². The van der Waals surface area contributed by atoms with Crippen LogP contribution in [0, 0.1) is 17.5 Å². The van der Waals surface area contributed by atoms with Gasteiger partial charge >= 0.3 is 0 Å². The molecule has 0 fully saturated rings. The lowest BCUT2D eigenvalue weighted by Gasteiger charge is -2.27. The molecule has 0 saturated carbocycles. The first-order valence-electron chi connectivity index (χ1n) is 10.8. The second-order valence-electron chi connectivity index (χ2n) is 7.92. The second-order valence-corrected chi connectivity index (χ2v) is 7.92. The molecule has 3 aromatic carbocycles. The average Bonchev–Trinajstić information content (AvgIpc) is 2.83. The predicted molar refractivity (Wildman–Crippen MR) is 126 cm³/mol. The first-order valence-corrected chi connectivity index (χ1v) is 10.8. The van der Waals surface area contributed by atoms with Gasteiger partial charge in [0.2, 0.25) is 0 Å². The molecule has 7 heteroatoms. The summed E-state index contributed by atoms with van der Waals surface area (Å²) in [5.41, 5.74) is 1.59. The molecule has 1 heterocycles. The maximum atomic E-state index is 15.3. The maximum absolute atomic E-state index is 15.3. The lowest BCUT2D eigenvalue weighted by atomic mass is 9.81. The van der Waals surface area contributed by atoms with Crippen molar-refractivity contribution in [2.24, 2.45) is 4.99 Å². The first-order chi connectivity index (χ1) is 16.4. The summed E-state index contributed by atoms with van der Waals surface area (Å²) in [6.45, 7) is 1.83. The van der Waals surface area contributed by atoms with Crippen LogP contribution < -0.4 is 10.1 Å². The van der Waals surface area contributed by atoms with E-state index in [9.17, 15) is 13.6 Å². The zero-order valence-corrected chi connectivity index (χ0v) is 18.7. The number of halogens is 3. The van der Waals surface area contributed by atoms with Crippen LogP contribution in [-0.2, 0) is 11.2 Å². The lowest BCUT2D eigenvalue weighted by molar-refractivity contribution is -0.115. The van der Waals surface area contributed by atoms with Gasteiger partial charge in [0, 0.05) is 46.8 Å². The van der Waals surface area contributed by atoms with Crippen molar-refractivity contribution in [3.05, 3.63) is 107 Å². The fourth-order valence-corrected chi connectivity index (χ4v) is 4.07. The third kappa shape index (κ3) is 4.59. The number of benzene rings is 3. The molecule has 0 aromatic heterocycles. The molecule has 0 spiro atoms. The lowest BCUT2D eigenvalue weighted by Crippen LogP contribution is -2.32. The Morgan fingerprint density at radius 2 is 1.62 bits per heavy atom. The number of nitrogens with zero attached hydrogens (tertiary/aromatic N) is 1. The summed E-state index contributed by atoms with van der Waals surface area (Å²) in [6, 6.07) is 17.3. The number of rotatable bonds is 7. The summed E-state index contributed by atoms with van der Waals surface area (Å²) >= 11 is 0. The van der Waals surface area contributed by atoms with E-state index in [4.69, 9.17) is 4.74 Å². The number of para-hydroxylation sites is 1. The quantitative estimate of drug-likeness (QED) is 0.477. The third-order valence-corrected chi connectivity index (χ3v) is 5.83. The van der Waals surface area contributed by atoms with Crippen molar-refractivity contribution < 1.29 is 22.7 Å². The van der Waals surface area contributed by atoms with E-state index in [0.717, 1.165) is 17.8 Å². The molecule has 1 atom stereocenters. The molecule has 1 aliphatic heterocycles. The van der Waals surface area contributed by atoms with Gasteiger partial charge in [0.15, 0.2) is 17.3 Å². The fourth-order valence-electron chi connectivity index (χ4n) is 4.07. The minimum Gasteiger partial charge on any atom is -0.494 e. The molecule has 0 amide bonds. The summed E-state index contributed by atoms with van der Waals surface area (Å²) in [5.74, 6) is -3.77. The van der Waals surface area contributed by atoms with Crippen LogP contribution in [0.3, 0.4) is 0 Å². The average molecular weight is 464 g/mol. The molecule has 1 N–H and O–H groups in total. The van der Waals surface area contributed by atoms with E-state index in [-0.39, 0.29) is 41.3 Å². The van der Waals surface area contributed by atoms with Crippen LogP contribution >= 0.6 is 0 Å². The normalized spacial score (nSPS) is 15.9. The highest BCUT2D eigenvalue weighted by atomic mass is 19.1. The van der Waals surface area contributed by atoms with E-state index in [0.29, 0.717) is 11.3 Å². The monoisotopic (exact) mass is 464 g/mol. The Morgan fingerprint density at radius 1 is 0.941 bits per heavy atom. The number of nitrogens with one attached hydrogen (secondary N) is 1. The SMILES string of the molecule is COc1cccc(C2C(=O)C(CNc3ccccc3)=C(C)N=C2Cc2c(F)cccc2F)c1F. The Hall–Kier alpha value is -3.87. The van der Waals surface area contributed by atoms with Crippen molar-refractivity contribution in [2.45, 2.75) is 19.3 Å². The van der Waals surface area contributed by atoms with E-state index >= 15 is 4.39 Å². The molecule has 4 rings (SSSR count). The van der Waals surface area contributed by atoms with Crippen LogP contribution in [-0.4, -0.2) is 25.1 Å². The molecular weight excluding hydrogens is 441 g/mol. The van der Waals surface area contributed by atoms with Gasteiger partial charge < -0.3 is 10.1 Å². The Balaban J connectivity index is 1.78. The van der Waals surface area contributed by atoms with Crippen molar-refractivity contribution in [1.29, 1.82) is 0 Å². The zero-order chi connectivity index (χ0) is 24.2. The number of carbonyl (C=O) groups is 1. The van der Waals surface area contributed by atoms with Gasteiger partial charge in [-0.05, 0) is 37.3 Å². The number of hydrogen-bond acceptors (Lipinski definition) is 4. The molecule has 1 unspecified atom stereocenters. The zero-order valence-electron chi connectivity index (χ0n) is 18.7. The molecule has 174 valence electrons. The summed E-state index contributed by atoms with van der Waals surface area (Å²) in [6.07, 6.45) is -0.275. The van der Waals surface area contributed by atoms with Crippen molar-refractivity contribution in [1.82, 2.24) is 0 Å². The summed E-state index contributed by atoms with van der Waals surface area (Å²) in [5, 5.41) is 3.18. The Morgan fingerprint density at radius 3 is 2.29 bits per heavy atom. The van der Waals surface area contributed by atoms with Crippen LogP contribution in [0.25, 0.3) is 0 Å². The van der Waals surface area contributed by atoms with Gasteiger partial charge in [0.25, 0.3) is 0 Å². The Bertz CT molecular complexity index is 1270. The predicted octanol–water partition coefficient (Wildman–Crippen LogP) is 5.85. The number of hydrogen-bond donors (Lipinski definition) is 1. The second kappa shape index (κ2) is 9.95. The largest absolute Gasteiger partial charge is 0.494 e. The fraction of sp³-hybridized carbons (Fsp3) is 0.185. The van der Waals surface area contributed by atoms with Crippen LogP contribution in [0.15, 0.2) is 83.0 Å². The number of methoxy groups -OCH3 is 1. The number of aliphatic imine (C=N–C) groups is 1. The number of allylic oxidation sites excluding steroid dienone is 1. The Labute approximate surface area is 195 Å². The molecular formula is C27H23F3N2O2. The van der Waals surface area contributed by atoms with Gasteiger partial charge in [-0.2, -0.15) is 0 Å². The number of carbonyl (C=O) groups excluding carboxylic acids is 1. The van der Waals surface area contributed by atoms with E-state index in [2.05, 4.69) is 10.3 Å². The topological polar surface area (TPSA) is 50.7 Å². The van der Waals surface area contributed by atoms with E-state index in [1.165, 1.54) is 25.3 Å². The number of Topliss-reactive ketones (excluding diaryl/α,β-unsaturated/α-hetero) is 1. The third-order valence-electron chi connectivity index (χ3n) is 5.83. The van der Waals surface area contributed by atoms with Crippen LogP contribution in [0.2, 0.25) is 0 Å². The molecule has 3 aromatic rings. The van der Waals surface area contributed by atoms with Crippen molar-refractivity contribution >= 4 is 17.2 Å². The van der Waals surface area contributed by atoms with Gasteiger partial charge in [0.05, 0.1) is 13.0 Å². The molecule has 34 heavy (non-hydrogen) atoms. The summed E-state index contributed by atoms with van der Waals surface area (Å²) in [7, 11) is 1.33. The van der Waals surface area contributed by atoms with Gasteiger partial charge in [-0.3, -0.25) is 9.79 Å². The summed E-state index contributed by atoms with van der Waals surface area (Å²) < 4.78 is 49.2. The number of ketones is 1. The highest BCUT2D eigenvalue weighted by Crippen LogP contribution is 2.35. The molecule has 1 aliphatic rings. The van der Waals surface area contributed by atoms with E-state index in [1.807, 2.05) is 30.3 Å². The van der Waals surface area contributed by atoms with Crippen molar-refractivity contribution in [3.63, 3.8) is 0 Å². The minimum atomic E-state index is -1.15. The smallest absolute Gasteiger partial charge is 0.175 e. The first kappa shape index (κ1) is 23.3. The standard InChI is InChI=1S/C27H23F3N2O2/c1-16-20(15-31-17-8-4-3-5-9-17)27(33)25(18-10-6-13-24(34-2)26(18)30)23(32-16)14-19-21(28)11-7-12-22(19)29/h3-13,25,31H,14-15H2,1-2H3. The molecule has 0 bridgehead atoms. The van der Waals surface area contributed by atoms with Crippen molar-refractivity contribution in [2.75, 3.05) is 19.0 Å². The van der Waals surface area contributed by atoms with Gasteiger partial charge in [-0.25, -0.2) is 13.2 Å². The van der Waals surface area contributed by atoms with Gasteiger partial charge in [0.1, 0.15) is 11.6 Å². The number of anilines is 1. The minimum absolute atomic E-state index is 0.0306. The van der Waals surface area contributed by atoms with Crippen molar-refractivity contribution in [3.8, 4) is 5.75 Å². The maximum Gasteiger partial charge on any atom is 0.175 e. The van der Waals surface area contributed by atoms with E-state index in [1.54, 1.807) is 13.0 Å². The van der Waals surface area contributed by atoms with E-state index < -0.39 is 23.4 Å². The highest BCUT2D eigenvalue weighted by molar-refractivity contribution is 6.19. The Kier molecular flexibility index (Phi) is 6.82. The van der Waals surface area contributed by atoms with Crippen LogP contribution in [0.4, 0.5) is 18.9 Å². The number of ether oxygens (including phenoxy) is 1. The van der Waals surface area contributed by atoms with Crippen LogP contribution in [0.1, 0.15) is 24.0 Å². The molecule has 4 nitrogen and oxygen atoms in total. The molecule has 0 saturated heterocycles. The molecule has 0 radical (unpaired) electrons. The van der Waals surface area contributed by atoms with Gasteiger partial charge in [-0.1, -0.05) is 36.4 Å². The highest BCUT2D eigenvalue weighted by Gasteiger charge is 2.36. The molecule has 0 aliphatic carbocycles.